The lowest BCUT2D eigenvalue weighted by atomic mass is 9.89. The Hall–Kier alpha value is -1.65. The Labute approximate surface area is 123 Å². The third kappa shape index (κ3) is 2.01. The van der Waals surface area contributed by atoms with Gasteiger partial charge in [0.2, 0.25) is 0 Å². The molecule has 21 heavy (non-hydrogen) atoms. The maximum Gasteiger partial charge on any atom is 0.195 e. The van der Waals surface area contributed by atoms with E-state index in [1.165, 1.54) is 31.0 Å². The lowest BCUT2D eigenvalue weighted by molar-refractivity contribution is 0.182. The first-order valence-corrected chi connectivity index (χ1v) is 7.79. The molecule has 3 unspecified atom stereocenters. The van der Waals surface area contributed by atoms with Gasteiger partial charge < -0.3 is 10.2 Å². The highest BCUT2D eigenvalue weighted by molar-refractivity contribution is 5.84. The summed E-state index contributed by atoms with van der Waals surface area (Å²) in [5, 5.41) is 3.46. The highest BCUT2D eigenvalue weighted by atomic mass is 19.1. The number of nitrogens with zero attached hydrogens (tertiary/aromatic N) is 2. The number of fused-ring (bicyclic) bond motifs is 3. The molecule has 4 rings (SSSR count). The first kappa shape index (κ1) is 13.0. The average molecular weight is 291 g/mol. The van der Waals surface area contributed by atoms with Gasteiger partial charge in [-0.2, -0.15) is 0 Å². The van der Waals surface area contributed by atoms with Crippen LogP contribution in [0.4, 0.5) is 8.78 Å². The third-order valence-electron chi connectivity index (χ3n) is 4.98. The van der Waals surface area contributed by atoms with Crippen molar-refractivity contribution in [3.05, 3.63) is 35.4 Å². The largest absolute Gasteiger partial charge is 0.351 e. The summed E-state index contributed by atoms with van der Waals surface area (Å²) in [6.07, 6.45) is 5.26. The maximum atomic E-state index is 14.2. The van der Waals surface area contributed by atoms with Gasteiger partial charge in [0.25, 0.3) is 0 Å². The number of hydrogen-bond donors (Lipinski definition) is 1. The Balaban J connectivity index is 1.75. The molecule has 1 saturated heterocycles. The third-order valence-corrected chi connectivity index (χ3v) is 4.98. The van der Waals surface area contributed by atoms with E-state index in [-0.39, 0.29) is 11.6 Å². The van der Waals surface area contributed by atoms with Gasteiger partial charge >= 0.3 is 0 Å². The Bertz CT molecular complexity index is 567. The van der Waals surface area contributed by atoms with Crippen LogP contribution < -0.4 is 5.32 Å². The monoisotopic (exact) mass is 291 g/mol. The molecule has 3 atom stereocenters. The molecule has 0 amide bonds. The van der Waals surface area contributed by atoms with Gasteiger partial charge in [-0.3, -0.25) is 4.99 Å². The van der Waals surface area contributed by atoms with Crippen LogP contribution in [0.1, 0.15) is 43.7 Å². The lowest BCUT2D eigenvalue weighted by Crippen LogP contribution is -2.43. The molecule has 3 nitrogen and oxygen atoms in total. The molecule has 1 saturated carbocycles. The second-order valence-corrected chi connectivity index (χ2v) is 6.16. The van der Waals surface area contributed by atoms with Gasteiger partial charge in [-0.05, 0) is 31.4 Å². The van der Waals surface area contributed by atoms with Crippen molar-refractivity contribution in [3.8, 4) is 0 Å². The highest BCUT2D eigenvalue weighted by Crippen LogP contribution is 2.39. The normalized spacial score (nSPS) is 31.2. The Morgan fingerprint density at radius 3 is 2.67 bits per heavy atom. The zero-order valence-electron chi connectivity index (χ0n) is 11.9. The minimum Gasteiger partial charge on any atom is -0.351 e. The zero-order valence-corrected chi connectivity index (χ0v) is 11.9. The van der Waals surface area contributed by atoms with Crippen LogP contribution in [0, 0.1) is 11.6 Å². The number of halogens is 2. The van der Waals surface area contributed by atoms with Crippen LogP contribution in [0.15, 0.2) is 23.2 Å². The van der Waals surface area contributed by atoms with Crippen LogP contribution in [-0.2, 0) is 0 Å². The molecule has 1 N–H and O–H groups in total. The van der Waals surface area contributed by atoms with E-state index >= 15 is 0 Å². The fourth-order valence-electron chi connectivity index (χ4n) is 4.06. The van der Waals surface area contributed by atoms with Crippen LogP contribution in [0.25, 0.3) is 0 Å². The predicted octanol–water partition coefficient (Wildman–Crippen LogP) is 2.98. The van der Waals surface area contributed by atoms with Gasteiger partial charge in [-0.25, -0.2) is 8.78 Å². The molecule has 1 aromatic carbocycles. The van der Waals surface area contributed by atoms with E-state index < -0.39 is 11.6 Å². The summed E-state index contributed by atoms with van der Waals surface area (Å²) in [7, 11) is 0. The zero-order chi connectivity index (χ0) is 14.4. The molecular formula is C16H19F2N3. The minimum absolute atomic E-state index is 0.206. The molecule has 0 bridgehead atoms. The molecule has 3 aliphatic rings. The van der Waals surface area contributed by atoms with Crippen LogP contribution in [0.5, 0.6) is 0 Å². The Morgan fingerprint density at radius 2 is 1.86 bits per heavy atom. The van der Waals surface area contributed by atoms with Crippen molar-refractivity contribution in [2.75, 3.05) is 6.54 Å². The number of aliphatic imine (C=N–C) groups is 1. The lowest BCUT2D eigenvalue weighted by Gasteiger charge is -2.38. The SMILES string of the molecule is Fc1cccc(F)c1C1CCN=C2NC3CCCCC3N21. The van der Waals surface area contributed by atoms with Crippen molar-refractivity contribution >= 4 is 5.96 Å². The van der Waals surface area contributed by atoms with Crippen LogP contribution >= 0.6 is 0 Å². The minimum atomic E-state index is -0.444. The number of nitrogens with one attached hydrogen (secondary N) is 1. The van der Waals surface area contributed by atoms with Crippen molar-refractivity contribution in [1.29, 1.82) is 0 Å². The molecule has 0 aromatic heterocycles. The molecule has 5 heteroatoms. The first-order valence-electron chi connectivity index (χ1n) is 7.79. The topological polar surface area (TPSA) is 27.6 Å². The smallest absolute Gasteiger partial charge is 0.195 e. The summed E-state index contributed by atoms with van der Waals surface area (Å²) in [4.78, 5) is 6.68. The Morgan fingerprint density at radius 1 is 1.10 bits per heavy atom. The molecule has 112 valence electrons. The van der Waals surface area contributed by atoms with Crippen LogP contribution in [0.3, 0.4) is 0 Å². The van der Waals surface area contributed by atoms with E-state index in [2.05, 4.69) is 15.2 Å². The van der Waals surface area contributed by atoms with Crippen molar-refractivity contribution in [2.45, 2.75) is 50.2 Å². The summed E-state index contributed by atoms with van der Waals surface area (Å²) < 4.78 is 28.4. The second-order valence-electron chi connectivity index (χ2n) is 6.16. The highest BCUT2D eigenvalue weighted by Gasteiger charge is 2.45. The summed E-state index contributed by atoms with van der Waals surface area (Å²) in [6, 6.07) is 4.60. The van der Waals surface area contributed by atoms with Gasteiger partial charge in [-0.1, -0.05) is 18.9 Å². The molecule has 1 aliphatic carbocycles. The average Bonchev–Trinajstić information content (AvgIpc) is 2.86. The van der Waals surface area contributed by atoms with Crippen molar-refractivity contribution in [2.24, 2.45) is 4.99 Å². The molecule has 2 heterocycles. The molecule has 0 radical (unpaired) electrons. The van der Waals surface area contributed by atoms with E-state index in [1.54, 1.807) is 0 Å². The summed E-state index contributed by atoms with van der Waals surface area (Å²) in [5.74, 6) is -0.0492. The Kier molecular flexibility index (Phi) is 3.08. The second kappa shape index (κ2) is 4.97. The van der Waals surface area contributed by atoms with Gasteiger partial charge in [-0.15, -0.1) is 0 Å². The van der Waals surface area contributed by atoms with Crippen molar-refractivity contribution in [3.63, 3.8) is 0 Å². The maximum absolute atomic E-state index is 14.2. The van der Waals surface area contributed by atoms with Gasteiger partial charge in [0.15, 0.2) is 5.96 Å². The molecular weight excluding hydrogens is 272 g/mol. The van der Waals surface area contributed by atoms with Crippen molar-refractivity contribution < 1.29 is 8.78 Å². The number of benzene rings is 1. The summed E-state index contributed by atoms with van der Waals surface area (Å²) in [6.45, 7) is 0.622. The van der Waals surface area contributed by atoms with E-state index in [4.69, 9.17) is 0 Å². The van der Waals surface area contributed by atoms with E-state index in [0.29, 0.717) is 25.0 Å². The fraction of sp³-hybridized carbons (Fsp3) is 0.562. The van der Waals surface area contributed by atoms with Crippen LogP contribution in [-0.4, -0.2) is 29.5 Å². The number of guanidine groups is 1. The standard InChI is InChI=1S/C16H19F2N3/c17-10-4-3-5-11(18)15(10)14-8-9-19-16-20-12-6-1-2-7-13(12)21(14)16/h3-5,12-14H,1-2,6-9H2,(H,19,20). The van der Waals surface area contributed by atoms with E-state index in [9.17, 15) is 8.78 Å². The number of rotatable bonds is 1. The van der Waals surface area contributed by atoms with E-state index in [0.717, 1.165) is 18.8 Å². The summed E-state index contributed by atoms with van der Waals surface area (Å²) >= 11 is 0. The molecule has 1 aromatic rings. The van der Waals surface area contributed by atoms with E-state index in [1.807, 2.05) is 0 Å². The quantitative estimate of drug-likeness (QED) is 0.861. The van der Waals surface area contributed by atoms with Gasteiger partial charge in [0.05, 0.1) is 12.1 Å². The molecule has 0 spiro atoms. The number of hydrogen-bond acceptors (Lipinski definition) is 3. The molecule has 2 fully saturated rings. The fourth-order valence-corrected chi connectivity index (χ4v) is 4.06. The first-order chi connectivity index (χ1) is 10.3. The van der Waals surface area contributed by atoms with Crippen LogP contribution in [0.2, 0.25) is 0 Å². The van der Waals surface area contributed by atoms with Gasteiger partial charge in [0, 0.05) is 18.2 Å². The van der Waals surface area contributed by atoms with Crippen molar-refractivity contribution in [1.82, 2.24) is 10.2 Å². The summed E-state index contributed by atoms with van der Waals surface area (Å²) in [5.41, 5.74) is 0.206. The molecule has 2 aliphatic heterocycles. The predicted molar refractivity (Wildman–Crippen MR) is 77.0 cm³/mol. The van der Waals surface area contributed by atoms with Gasteiger partial charge in [0.1, 0.15) is 11.6 Å².